The molecule has 1 rings (SSSR count). The normalized spacial score (nSPS) is 21.1. The van der Waals surface area contributed by atoms with Crippen LogP contribution >= 0.6 is 0 Å². The first-order valence-corrected chi connectivity index (χ1v) is 6.84. The van der Waals surface area contributed by atoms with E-state index in [1.807, 2.05) is 25.7 Å². The van der Waals surface area contributed by atoms with Crippen LogP contribution in [0.1, 0.15) is 27.7 Å². The van der Waals surface area contributed by atoms with Crippen molar-refractivity contribution in [1.82, 2.24) is 15.1 Å². The lowest BCUT2D eigenvalue weighted by Gasteiger charge is -2.39. The lowest BCUT2D eigenvalue weighted by molar-refractivity contribution is -0.144. The molecule has 0 aromatic heterocycles. The largest absolute Gasteiger partial charge is 0.480 e. The Balaban J connectivity index is 2.45. The molecule has 0 spiro atoms. The average Bonchev–Trinajstić information content (AvgIpc) is 2.36. The molecule has 0 saturated carbocycles. The summed E-state index contributed by atoms with van der Waals surface area (Å²) < 4.78 is 0. The number of carbonyl (C=O) groups excluding carboxylic acids is 1. The molecular formula is C13H25N3O3. The number of piperazine rings is 1. The monoisotopic (exact) mass is 271 g/mol. The zero-order valence-corrected chi connectivity index (χ0v) is 12.2. The molecule has 0 aliphatic carbocycles. The van der Waals surface area contributed by atoms with Crippen molar-refractivity contribution >= 4 is 11.9 Å². The highest BCUT2D eigenvalue weighted by Gasteiger charge is 2.29. The molecular weight excluding hydrogens is 246 g/mol. The fourth-order valence-electron chi connectivity index (χ4n) is 2.24. The van der Waals surface area contributed by atoms with Crippen molar-refractivity contribution in [2.24, 2.45) is 0 Å². The molecule has 1 saturated heterocycles. The van der Waals surface area contributed by atoms with Gasteiger partial charge in [0.25, 0.3) is 0 Å². The predicted molar refractivity (Wildman–Crippen MR) is 73.0 cm³/mol. The van der Waals surface area contributed by atoms with Gasteiger partial charge < -0.3 is 10.4 Å². The minimum atomic E-state index is -0.793. The summed E-state index contributed by atoms with van der Waals surface area (Å²) in [5.41, 5.74) is 0. The summed E-state index contributed by atoms with van der Waals surface area (Å²) in [5, 5.41) is 11.9. The Labute approximate surface area is 114 Å². The first-order chi connectivity index (χ1) is 8.82. The summed E-state index contributed by atoms with van der Waals surface area (Å²) in [6.07, 6.45) is 0. The molecule has 110 valence electrons. The maximum Gasteiger partial charge on any atom is 0.320 e. The Morgan fingerprint density at radius 2 is 1.37 bits per heavy atom. The van der Waals surface area contributed by atoms with Gasteiger partial charge in [-0.2, -0.15) is 0 Å². The van der Waals surface area contributed by atoms with Crippen molar-refractivity contribution < 1.29 is 14.7 Å². The summed E-state index contributed by atoms with van der Waals surface area (Å²) in [4.78, 5) is 26.9. The molecule has 1 heterocycles. The number of nitrogens with one attached hydrogen (secondary N) is 1. The molecule has 6 nitrogen and oxygen atoms in total. The van der Waals surface area contributed by atoms with Gasteiger partial charge in [-0.3, -0.25) is 19.4 Å². The number of carboxylic acid groups (broad SMARTS) is 1. The molecule has 6 heteroatoms. The molecule has 0 aromatic rings. The number of hydrogen-bond donors (Lipinski definition) is 2. The molecule has 1 aliphatic heterocycles. The Hall–Kier alpha value is -1.14. The number of aliphatic carboxylic acids is 1. The van der Waals surface area contributed by atoms with E-state index in [1.165, 1.54) is 0 Å². The van der Waals surface area contributed by atoms with Crippen molar-refractivity contribution in [3.05, 3.63) is 0 Å². The lowest BCUT2D eigenvalue weighted by atomic mass is 10.1. The lowest BCUT2D eigenvalue weighted by Crippen LogP contribution is -2.56. The molecule has 1 aliphatic rings. The van der Waals surface area contributed by atoms with E-state index in [9.17, 15) is 9.59 Å². The SMILES string of the molecule is CC(C)NC(=O)C(C)N1CCN(C(C)C(=O)O)CC1. The van der Waals surface area contributed by atoms with Gasteiger partial charge in [-0.1, -0.05) is 0 Å². The third-order valence-electron chi connectivity index (χ3n) is 3.61. The van der Waals surface area contributed by atoms with Gasteiger partial charge in [0, 0.05) is 32.2 Å². The molecule has 2 unspecified atom stereocenters. The quantitative estimate of drug-likeness (QED) is 0.736. The average molecular weight is 271 g/mol. The Morgan fingerprint density at radius 3 is 1.74 bits per heavy atom. The van der Waals surface area contributed by atoms with Gasteiger partial charge in [0.2, 0.25) is 5.91 Å². The van der Waals surface area contributed by atoms with Gasteiger partial charge in [-0.05, 0) is 27.7 Å². The molecule has 0 bridgehead atoms. The van der Waals surface area contributed by atoms with Gasteiger partial charge in [0.05, 0.1) is 6.04 Å². The van der Waals surface area contributed by atoms with E-state index in [4.69, 9.17) is 5.11 Å². The summed E-state index contributed by atoms with van der Waals surface area (Å²) in [5.74, 6) is -0.756. The van der Waals surface area contributed by atoms with Crippen LogP contribution in [0, 0.1) is 0 Å². The molecule has 1 amide bonds. The highest BCUT2D eigenvalue weighted by Crippen LogP contribution is 2.09. The van der Waals surface area contributed by atoms with Crippen LogP contribution in [0.3, 0.4) is 0 Å². The fraction of sp³-hybridized carbons (Fsp3) is 0.846. The van der Waals surface area contributed by atoms with Crippen LogP contribution in [0.15, 0.2) is 0 Å². The highest BCUT2D eigenvalue weighted by molar-refractivity contribution is 5.81. The molecule has 0 aromatic carbocycles. The van der Waals surface area contributed by atoms with Crippen molar-refractivity contribution in [3.63, 3.8) is 0 Å². The highest BCUT2D eigenvalue weighted by atomic mass is 16.4. The van der Waals surface area contributed by atoms with Crippen LogP contribution in [0.5, 0.6) is 0 Å². The number of nitrogens with zero attached hydrogens (tertiary/aromatic N) is 2. The van der Waals surface area contributed by atoms with E-state index in [2.05, 4.69) is 10.2 Å². The standard InChI is InChI=1S/C13H25N3O3/c1-9(2)14-12(17)10(3)15-5-7-16(8-6-15)11(4)13(18)19/h9-11H,5-8H2,1-4H3,(H,14,17)(H,18,19). The number of carbonyl (C=O) groups is 2. The van der Waals surface area contributed by atoms with Crippen LogP contribution < -0.4 is 5.32 Å². The second-order valence-corrected chi connectivity index (χ2v) is 5.43. The van der Waals surface area contributed by atoms with Crippen LogP contribution in [-0.4, -0.2) is 71.1 Å². The third kappa shape index (κ3) is 4.47. The van der Waals surface area contributed by atoms with Crippen LogP contribution in [0.2, 0.25) is 0 Å². The van der Waals surface area contributed by atoms with Gasteiger partial charge in [-0.25, -0.2) is 0 Å². The van der Waals surface area contributed by atoms with Gasteiger partial charge in [0.1, 0.15) is 6.04 Å². The minimum Gasteiger partial charge on any atom is -0.480 e. The van der Waals surface area contributed by atoms with Crippen LogP contribution in [0.25, 0.3) is 0 Å². The number of amides is 1. The maximum atomic E-state index is 11.9. The molecule has 2 atom stereocenters. The van der Waals surface area contributed by atoms with E-state index >= 15 is 0 Å². The number of hydrogen-bond acceptors (Lipinski definition) is 4. The third-order valence-corrected chi connectivity index (χ3v) is 3.61. The zero-order valence-electron chi connectivity index (χ0n) is 12.2. The topological polar surface area (TPSA) is 72.9 Å². The van der Waals surface area contributed by atoms with Crippen molar-refractivity contribution in [2.45, 2.75) is 45.8 Å². The van der Waals surface area contributed by atoms with Crippen LogP contribution in [0.4, 0.5) is 0 Å². The number of rotatable bonds is 5. The van der Waals surface area contributed by atoms with E-state index in [1.54, 1.807) is 6.92 Å². The molecule has 19 heavy (non-hydrogen) atoms. The number of carboxylic acids is 1. The second-order valence-electron chi connectivity index (χ2n) is 5.43. The minimum absolute atomic E-state index is 0.0368. The van der Waals surface area contributed by atoms with E-state index in [0.717, 1.165) is 13.1 Å². The van der Waals surface area contributed by atoms with E-state index in [-0.39, 0.29) is 18.0 Å². The maximum absolute atomic E-state index is 11.9. The van der Waals surface area contributed by atoms with Crippen molar-refractivity contribution in [1.29, 1.82) is 0 Å². The Morgan fingerprint density at radius 1 is 0.947 bits per heavy atom. The van der Waals surface area contributed by atoms with Crippen molar-refractivity contribution in [2.75, 3.05) is 26.2 Å². The fourth-order valence-corrected chi connectivity index (χ4v) is 2.24. The summed E-state index contributed by atoms with van der Waals surface area (Å²) in [6.45, 7) is 10.3. The summed E-state index contributed by atoms with van der Waals surface area (Å²) in [6, 6.07) is -0.477. The summed E-state index contributed by atoms with van der Waals surface area (Å²) in [7, 11) is 0. The Bertz CT molecular complexity index is 325. The molecule has 0 radical (unpaired) electrons. The van der Waals surface area contributed by atoms with Gasteiger partial charge in [-0.15, -0.1) is 0 Å². The van der Waals surface area contributed by atoms with E-state index in [0.29, 0.717) is 13.1 Å². The predicted octanol–water partition coefficient (Wildman–Crippen LogP) is -0.00980. The van der Waals surface area contributed by atoms with Gasteiger partial charge >= 0.3 is 5.97 Å². The van der Waals surface area contributed by atoms with E-state index < -0.39 is 12.0 Å². The van der Waals surface area contributed by atoms with Crippen molar-refractivity contribution in [3.8, 4) is 0 Å². The zero-order chi connectivity index (χ0) is 14.6. The molecule has 1 fully saturated rings. The Kier molecular flexibility index (Phi) is 5.75. The van der Waals surface area contributed by atoms with Crippen LogP contribution in [-0.2, 0) is 9.59 Å². The smallest absolute Gasteiger partial charge is 0.320 e. The second kappa shape index (κ2) is 6.86. The first kappa shape index (κ1) is 15.9. The molecule has 2 N–H and O–H groups in total. The summed E-state index contributed by atoms with van der Waals surface area (Å²) >= 11 is 0. The first-order valence-electron chi connectivity index (χ1n) is 6.84. The van der Waals surface area contributed by atoms with Gasteiger partial charge in [0.15, 0.2) is 0 Å².